The zero-order chi connectivity index (χ0) is 13.8. The van der Waals surface area contributed by atoms with Crippen molar-refractivity contribution < 1.29 is 9.21 Å². The quantitative estimate of drug-likeness (QED) is 0.924. The molecule has 19 heavy (non-hydrogen) atoms. The highest BCUT2D eigenvalue weighted by molar-refractivity contribution is 9.10. The predicted octanol–water partition coefficient (Wildman–Crippen LogP) is 2.77. The van der Waals surface area contributed by atoms with Crippen LogP contribution in [0.3, 0.4) is 0 Å². The maximum atomic E-state index is 12.3. The number of carbonyl (C=O) groups is 1. The lowest BCUT2D eigenvalue weighted by Gasteiger charge is -2.29. The predicted molar refractivity (Wildman–Crippen MR) is 77.4 cm³/mol. The standard InChI is InChI=1S/C14H21BrN2O2/c1-17(9-12-6-7-13(15)19-12)14(18)11-4-2-10(8-16)3-5-11/h6-7,10-11H,2-5,8-9,16H2,1H3. The first-order valence-electron chi connectivity index (χ1n) is 6.79. The molecule has 1 fully saturated rings. The molecule has 0 radical (unpaired) electrons. The van der Waals surface area contributed by atoms with Gasteiger partial charge in [0.05, 0.1) is 6.54 Å². The van der Waals surface area contributed by atoms with E-state index in [9.17, 15) is 4.79 Å². The minimum atomic E-state index is 0.159. The van der Waals surface area contributed by atoms with Gasteiger partial charge in [0.15, 0.2) is 4.67 Å². The molecule has 0 atom stereocenters. The van der Waals surface area contributed by atoms with Crippen molar-refractivity contribution in [1.82, 2.24) is 4.90 Å². The molecule has 0 spiro atoms. The van der Waals surface area contributed by atoms with Gasteiger partial charge in [0, 0.05) is 13.0 Å². The van der Waals surface area contributed by atoms with E-state index < -0.39 is 0 Å². The molecule has 106 valence electrons. The Balaban J connectivity index is 1.85. The van der Waals surface area contributed by atoms with Gasteiger partial charge in [-0.15, -0.1) is 0 Å². The lowest BCUT2D eigenvalue weighted by atomic mass is 9.81. The van der Waals surface area contributed by atoms with E-state index in [1.165, 1.54) is 0 Å². The molecule has 0 saturated heterocycles. The molecular formula is C14H21BrN2O2. The minimum absolute atomic E-state index is 0.159. The van der Waals surface area contributed by atoms with Crippen molar-refractivity contribution >= 4 is 21.8 Å². The first-order chi connectivity index (χ1) is 9.10. The molecule has 1 aliphatic carbocycles. The van der Waals surface area contributed by atoms with Crippen LogP contribution in [-0.2, 0) is 11.3 Å². The topological polar surface area (TPSA) is 59.5 Å². The van der Waals surface area contributed by atoms with Crippen LogP contribution in [0.1, 0.15) is 31.4 Å². The number of furan rings is 1. The van der Waals surface area contributed by atoms with E-state index in [0.29, 0.717) is 17.1 Å². The third-order valence-electron chi connectivity index (χ3n) is 3.93. The molecule has 1 amide bonds. The van der Waals surface area contributed by atoms with Gasteiger partial charge in [0.2, 0.25) is 5.91 Å². The summed E-state index contributed by atoms with van der Waals surface area (Å²) >= 11 is 3.27. The van der Waals surface area contributed by atoms with Crippen LogP contribution in [0.25, 0.3) is 0 Å². The smallest absolute Gasteiger partial charge is 0.225 e. The number of amides is 1. The molecule has 2 N–H and O–H groups in total. The summed E-state index contributed by atoms with van der Waals surface area (Å²) in [5.74, 6) is 1.79. The maximum absolute atomic E-state index is 12.3. The number of nitrogens with two attached hydrogens (primary N) is 1. The molecule has 0 bridgehead atoms. The van der Waals surface area contributed by atoms with Gasteiger partial charge in [0.1, 0.15) is 5.76 Å². The number of nitrogens with zero attached hydrogens (tertiary/aromatic N) is 1. The SMILES string of the molecule is CN(Cc1ccc(Br)o1)C(=O)C1CCC(CN)CC1. The summed E-state index contributed by atoms with van der Waals surface area (Å²) in [6.45, 7) is 1.28. The lowest BCUT2D eigenvalue weighted by Crippen LogP contribution is -2.35. The maximum Gasteiger partial charge on any atom is 0.225 e. The van der Waals surface area contributed by atoms with Gasteiger partial charge < -0.3 is 15.1 Å². The average Bonchev–Trinajstić information content (AvgIpc) is 2.83. The van der Waals surface area contributed by atoms with Crippen LogP contribution >= 0.6 is 15.9 Å². The van der Waals surface area contributed by atoms with E-state index in [2.05, 4.69) is 15.9 Å². The van der Waals surface area contributed by atoms with E-state index in [1.54, 1.807) is 4.90 Å². The Bertz CT molecular complexity index is 425. The fourth-order valence-electron chi connectivity index (χ4n) is 2.71. The Labute approximate surface area is 122 Å². The van der Waals surface area contributed by atoms with Crippen molar-refractivity contribution in [2.24, 2.45) is 17.6 Å². The summed E-state index contributed by atoms with van der Waals surface area (Å²) in [5.41, 5.74) is 5.68. The monoisotopic (exact) mass is 328 g/mol. The largest absolute Gasteiger partial charge is 0.452 e. The lowest BCUT2D eigenvalue weighted by molar-refractivity contribution is -0.136. The molecule has 1 aromatic heterocycles. The van der Waals surface area contributed by atoms with Crippen molar-refractivity contribution in [3.05, 3.63) is 22.6 Å². The van der Waals surface area contributed by atoms with E-state index in [-0.39, 0.29) is 11.8 Å². The first-order valence-corrected chi connectivity index (χ1v) is 7.58. The molecule has 5 heteroatoms. The van der Waals surface area contributed by atoms with E-state index in [4.69, 9.17) is 10.2 Å². The molecular weight excluding hydrogens is 308 g/mol. The van der Waals surface area contributed by atoms with Crippen LogP contribution in [0.5, 0.6) is 0 Å². The van der Waals surface area contributed by atoms with Crippen LogP contribution in [0, 0.1) is 11.8 Å². The van der Waals surface area contributed by atoms with Gasteiger partial charge >= 0.3 is 0 Å². The summed E-state index contributed by atoms with van der Waals surface area (Å²) in [7, 11) is 1.84. The first kappa shape index (κ1) is 14.6. The van der Waals surface area contributed by atoms with Crippen LogP contribution in [-0.4, -0.2) is 24.4 Å². The van der Waals surface area contributed by atoms with Gasteiger partial charge in [-0.1, -0.05) is 0 Å². The van der Waals surface area contributed by atoms with E-state index in [0.717, 1.165) is 38.0 Å². The number of carbonyl (C=O) groups excluding carboxylic acids is 1. The van der Waals surface area contributed by atoms with Crippen molar-refractivity contribution in [3.63, 3.8) is 0 Å². The Kier molecular flexibility index (Phi) is 5.05. The Hall–Kier alpha value is -0.810. The number of halogens is 1. The van der Waals surface area contributed by atoms with Crippen molar-refractivity contribution in [2.75, 3.05) is 13.6 Å². The summed E-state index contributed by atoms with van der Waals surface area (Å²) in [5, 5.41) is 0. The summed E-state index contributed by atoms with van der Waals surface area (Å²) < 4.78 is 6.13. The van der Waals surface area contributed by atoms with Gasteiger partial charge in [0.25, 0.3) is 0 Å². The van der Waals surface area contributed by atoms with Crippen molar-refractivity contribution in [2.45, 2.75) is 32.2 Å². The zero-order valence-corrected chi connectivity index (χ0v) is 12.9. The molecule has 1 heterocycles. The molecule has 1 aliphatic rings. The number of rotatable bonds is 4. The summed E-state index contributed by atoms with van der Waals surface area (Å²) in [6.07, 6.45) is 4.08. The fourth-order valence-corrected chi connectivity index (χ4v) is 3.05. The molecule has 0 aromatic carbocycles. The normalized spacial score (nSPS) is 23.3. The highest BCUT2D eigenvalue weighted by atomic mass is 79.9. The number of hydrogen-bond donors (Lipinski definition) is 1. The second-order valence-corrected chi connectivity index (χ2v) is 6.14. The molecule has 2 rings (SSSR count). The third-order valence-corrected chi connectivity index (χ3v) is 4.35. The highest BCUT2D eigenvalue weighted by Gasteiger charge is 2.27. The molecule has 4 nitrogen and oxygen atoms in total. The van der Waals surface area contributed by atoms with E-state index in [1.807, 2.05) is 19.2 Å². The fraction of sp³-hybridized carbons (Fsp3) is 0.643. The minimum Gasteiger partial charge on any atom is -0.452 e. The number of hydrogen-bond acceptors (Lipinski definition) is 3. The Morgan fingerprint density at radius 3 is 2.63 bits per heavy atom. The van der Waals surface area contributed by atoms with E-state index >= 15 is 0 Å². The second kappa shape index (κ2) is 6.57. The second-order valence-electron chi connectivity index (χ2n) is 5.35. The van der Waals surface area contributed by atoms with Gasteiger partial charge in [-0.05, 0) is 66.2 Å². The van der Waals surface area contributed by atoms with Crippen LogP contribution < -0.4 is 5.73 Å². The Morgan fingerprint density at radius 1 is 1.42 bits per heavy atom. The van der Waals surface area contributed by atoms with Crippen LogP contribution in [0.15, 0.2) is 21.2 Å². The van der Waals surface area contributed by atoms with Crippen LogP contribution in [0.4, 0.5) is 0 Å². The zero-order valence-electron chi connectivity index (χ0n) is 11.3. The van der Waals surface area contributed by atoms with Crippen LogP contribution in [0.2, 0.25) is 0 Å². The highest BCUT2D eigenvalue weighted by Crippen LogP contribution is 2.29. The molecule has 0 aliphatic heterocycles. The summed E-state index contributed by atoms with van der Waals surface area (Å²) in [4.78, 5) is 14.1. The average molecular weight is 329 g/mol. The van der Waals surface area contributed by atoms with Gasteiger partial charge in [-0.25, -0.2) is 0 Å². The van der Waals surface area contributed by atoms with Gasteiger partial charge in [-0.2, -0.15) is 0 Å². The molecule has 0 unspecified atom stereocenters. The summed E-state index contributed by atoms with van der Waals surface area (Å²) in [6, 6.07) is 3.74. The molecule has 1 aromatic rings. The van der Waals surface area contributed by atoms with Crippen molar-refractivity contribution in [1.29, 1.82) is 0 Å². The molecule has 1 saturated carbocycles. The van der Waals surface area contributed by atoms with Crippen molar-refractivity contribution in [3.8, 4) is 0 Å². The van der Waals surface area contributed by atoms with Gasteiger partial charge in [-0.3, -0.25) is 4.79 Å². The Morgan fingerprint density at radius 2 is 2.11 bits per heavy atom. The third kappa shape index (κ3) is 3.83.